The average molecular weight is 524 g/mol. The summed E-state index contributed by atoms with van der Waals surface area (Å²) in [6, 6.07) is 25.3. The second-order valence-corrected chi connectivity index (χ2v) is 8.84. The second-order valence-electron chi connectivity index (χ2n) is 8.84. The molecule has 0 saturated heterocycles. The number of benzene rings is 4. The first-order valence-corrected chi connectivity index (χ1v) is 12.2. The molecule has 39 heavy (non-hydrogen) atoms. The number of carbonyl (C=O) groups is 2. The Hall–Kier alpha value is -5.11. The van der Waals surface area contributed by atoms with Crippen molar-refractivity contribution < 1.29 is 28.2 Å². The van der Waals surface area contributed by atoms with Crippen LogP contribution in [0.3, 0.4) is 0 Å². The Bertz CT molecular complexity index is 1710. The van der Waals surface area contributed by atoms with Gasteiger partial charge in [0.1, 0.15) is 23.7 Å². The number of rotatable bonds is 7. The van der Waals surface area contributed by atoms with E-state index in [2.05, 4.69) is 5.32 Å². The van der Waals surface area contributed by atoms with Crippen molar-refractivity contribution in [2.45, 2.75) is 19.6 Å². The van der Waals surface area contributed by atoms with Crippen LogP contribution in [-0.4, -0.2) is 19.2 Å². The third kappa shape index (κ3) is 5.45. The summed E-state index contributed by atoms with van der Waals surface area (Å²) in [5, 5.41) is 4.36. The highest BCUT2D eigenvalue weighted by Crippen LogP contribution is 2.33. The van der Waals surface area contributed by atoms with Crippen molar-refractivity contribution in [3.8, 4) is 11.5 Å². The lowest BCUT2D eigenvalue weighted by atomic mass is 10.0. The van der Waals surface area contributed by atoms with Gasteiger partial charge in [-0.05, 0) is 48.4 Å². The van der Waals surface area contributed by atoms with Crippen LogP contribution in [0, 0.1) is 6.92 Å². The van der Waals surface area contributed by atoms with Crippen molar-refractivity contribution in [3.63, 3.8) is 0 Å². The third-order valence-corrected chi connectivity index (χ3v) is 6.34. The fraction of sp³-hybridized carbons (Fsp3) is 0.129. The van der Waals surface area contributed by atoms with E-state index in [9.17, 15) is 14.4 Å². The minimum atomic E-state index is -1.14. The van der Waals surface area contributed by atoms with Gasteiger partial charge in [-0.15, -0.1) is 0 Å². The number of esters is 1. The van der Waals surface area contributed by atoms with Crippen molar-refractivity contribution in [1.29, 1.82) is 0 Å². The van der Waals surface area contributed by atoms with Crippen molar-refractivity contribution in [2.75, 3.05) is 7.11 Å². The summed E-state index contributed by atoms with van der Waals surface area (Å²) in [5.41, 5.74) is 1.56. The molecule has 0 aliphatic rings. The molecule has 0 aliphatic carbocycles. The molecule has 0 radical (unpaired) electrons. The molecule has 1 atom stereocenters. The molecule has 0 bridgehead atoms. The molecule has 0 spiro atoms. The van der Waals surface area contributed by atoms with Crippen LogP contribution in [-0.2, 0) is 16.1 Å². The van der Waals surface area contributed by atoms with E-state index in [4.69, 9.17) is 18.6 Å². The summed E-state index contributed by atoms with van der Waals surface area (Å²) in [6.07, 6.45) is -0.771. The number of nitrogens with one attached hydrogen (secondary N) is 1. The van der Waals surface area contributed by atoms with E-state index < -0.39 is 23.7 Å². The second kappa shape index (κ2) is 11.1. The Morgan fingerprint density at radius 1 is 0.872 bits per heavy atom. The number of fused-ring (bicyclic) bond motifs is 3. The normalized spacial score (nSPS) is 11.6. The average Bonchev–Trinajstić information content (AvgIpc) is 2.97. The monoisotopic (exact) mass is 523 g/mol. The van der Waals surface area contributed by atoms with Crippen LogP contribution in [0.1, 0.15) is 22.7 Å². The number of hydrogen-bond donors (Lipinski definition) is 1. The van der Waals surface area contributed by atoms with Crippen LogP contribution >= 0.6 is 0 Å². The molecule has 1 aromatic heterocycles. The van der Waals surface area contributed by atoms with E-state index in [1.807, 2.05) is 30.3 Å². The van der Waals surface area contributed by atoms with Gasteiger partial charge in [0.15, 0.2) is 6.04 Å². The summed E-state index contributed by atoms with van der Waals surface area (Å²) in [7, 11) is 1.52. The predicted molar refractivity (Wildman–Crippen MR) is 146 cm³/mol. The van der Waals surface area contributed by atoms with Crippen LogP contribution in [0.15, 0.2) is 100 Å². The van der Waals surface area contributed by atoms with Crippen molar-refractivity contribution >= 4 is 33.8 Å². The Morgan fingerprint density at radius 3 is 2.28 bits per heavy atom. The molecule has 1 N–H and O–H groups in total. The van der Waals surface area contributed by atoms with Gasteiger partial charge in [0.05, 0.1) is 12.5 Å². The van der Waals surface area contributed by atoms with E-state index in [1.54, 1.807) is 67.6 Å². The van der Waals surface area contributed by atoms with Crippen molar-refractivity contribution in [3.05, 3.63) is 118 Å². The van der Waals surface area contributed by atoms with E-state index in [-0.39, 0.29) is 12.4 Å². The fourth-order valence-corrected chi connectivity index (χ4v) is 4.30. The number of alkyl carbamates (subject to hydrolysis) is 1. The lowest BCUT2D eigenvalue weighted by Gasteiger charge is -2.19. The quantitative estimate of drug-likeness (QED) is 0.124. The minimum Gasteiger partial charge on any atom is -0.497 e. The molecule has 4 aromatic carbocycles. The van der Waals surface area contributed by atoms with E-state index in [1.165, 1.54) is 7.11 Å². The molecule has 1 amide bonds. The number of amides is 1. The lowest BCUT2D eigenvalue weighted by molar-refractivity contribution is -0.136. The zero-order valence-electron chi connectivity index (χ0n) is 21.3. The molecule has 5 aromatic rings. The summed E-state index contributed by atoms with van der Waals surface area (Å²) in [6.45, 7) is 1.74. The molecular weight excluding hydrogens is 498 g/mol. The molecule has 8 nitrogen and oxygen atoms in total. The number of hydrogen-bond acceptors (Lipinski definition) is 7. The minimum absolute atomic E-state index is 0.0475. The Balaban J connectivity index is 1.42. The number of carbonyl (C=O) groups excluding carboxylic acids is 2. The zero-order chi connectivity index (χ0) is 27.4. The van der Waals surface area contributed by atoms with Gasteiger partial charge in [-0.1, -0.05) is 60.7 Å². The van der Waals surface area contributed by atoms with Crippen LogP contribution in [0.4, 0.5) is 4.79 Å². The molecule has 8 heteroatoms. The molecule has 1 heterocycles. The lowest BCUT2D eigenvalue weighted by Crippen LogP contribution is -2.36. The van der Waals surface area contributed by atoms with Gasteiger partial charge in [0.25, 0.3) is 0 Å². The molecule has 196 valence electrons. The number of aryl methyl sites for hydroxylation is 1. The van der Waals surface area contributed by atoms with E-state index in [0.29, 0.717) is 38.6 Å². The maximum absolute atomic E-state index is 13.4. The summed E-state index contributed by atoms with van der Waals surface area (Å²) < 4.78 is 21.9. The van der Waals surface area contributed by atoms with Crippen LogP contribution in [0.25, 0.3) is 21.7 Å². The van der Waals surface area contributed by atoms with Crippen LogP contribution in [0.5, 0.6) is 11.5 Å². The zero-order valence-corrected chi connectivity index (χ0v) is 21.3. The fourth-order valence-electron chi connectivity index (χ4n) is 4.30. The van der Waals surface area contributed by atoms with E-state index >= 15 is 0 Å². The summed E-state index contributed by atoms with van der Waals surface area (Å²) in [5.74, 6) is 0.00949. The largest absolute Gasteiger partial charge is 0.497 e. The first kappa shape index (κ1) is 25.5. The molecule has 0 unspecified atom stereocenters. The van der Waals surface area contributed by atoms with Crippen molar-refractivity contribution in [1.82, 2.24) is 5.32 Å². The first-order valence-electron chi connectivity index (χ1n) is 12.2. The van der Waals surface area contributed by atoms with Gasteiger partial charge < -0.3 is 23.9 Å². The van der Waals surface area contributed by atoms with Gasteiger partial charge in [0, 0.05) is 16.3 Å². The predicted octanol–water partition coefficient (Wildman–Crippen LogP) is 5.84. The topological polar surface area (TPSA) is 104 Å². The summed E-state index contributed by atoms with van der Waals surface area (Å²) >= 11 is 0. The number of methoxy groups -OCH3 is 1. The first-order chi connectivity index (χ1) is 18.9. The van der Waals surface area contributed by atoms with Gasteiger partial charge in [0.2, 0.25) is 0 Å². The molecule has 5 rings (SSSR count). The van der Waals surface area contributed by atoms with E-state index in [0.717, 1.165) is 5.56 Å². The maximum atomic E-state index is 13.4. The van der Waals surface area contributed by atoms with Crippen LogP contribution in [0.2, 0.25) is 0 Å². The molecule has 0 aliphatic heterocycles. The van der Waals surface area contributed by atoms with Gasteiger partial charge >= 0.3 is 17.7 Å². The third-order valence-electron chi connectivity index (χ3n) is 6.34. The number of ether oxygens (including phenoxy) is 3. The SMILES string of the molecule is COc1ccc2c(c1)c(=O)oc1c(C)c(OC(=O)[C@@H](NC(=O)OCc3ccccc3)c3ccccc3)ccc12. The molecular formula is C31H25NO7. The van der Waals surface area contributed by atoms with Crippen LogP contribution < -0.4 is 20.4 Å². The van der Waals surface area contributed by atoms with Gasteiger partial charge in [-0.3, -0.25) is 0 Å². The highest BCUT2D eigenvalue weighted by Gasteiger charge is 2.27. The molecule has 0 fully saturated rings. The Kier molecular flexibility index (Phi) is 7.27. The smallest absolute Gasteiger partial charge is 0.408 e. The highest BCUT2D eigenvalue weighted by molar-refractivity contribution is 6.06. The van der Waals surface area contributed by atoms with Crippen molar-refractivity contribution in [2.24, 2.45) is 0 Å². The van der Waals surface area contributed by atoms with Gasteiger partial charge in [-0.25, -0.2) is 14.4 Å². The van der Waals surface area contributed by atoms with Gasteiger partial charge in [-0.2, -0.15) is 0 Å². The standard InChI is InChI=1S/C31H25NO7/c1-19-26(16-15-24-23-14-13-22(36-2)17-25(23)29(33)39-28(19)24)38-30(34)27(21-11-7-4-8-12-21)32-31(35)37-18-20-9-5-3-6-10-20/h3-17,27H,18H2,1-2H3,(H,32,35)/t27-/m0/s1. The Labute approximate surface area is 223 Å². The Morgan fingerprint density at radius 2 is 1.56 bits per heavy atom. The summed E-state index contributed by atoms with van der Waals surface area (Å²) in [4.78, 5) is 38.7. The maximum Gasteiger partial charge on any atom is 0.408 e. The highest BCUT2D eigenvalue weighted by atomic mass is 16.6. The molecule has 0 saturated carbocycles.